The Morgan fingerprint density at radius 2 is 2.06 bits per heavy atom. The van der Waals surface area contributed by atoms with Gasteiger partial charge in [-0.15, -0.1) is 0 Å². The summed E-state index contributed by atoms with van der Waals surface area (Å²) in [5.74, 6) is 1.46. The normalized spacial score (nSPS) is 14.9. The van der Waals surface area contributed by atoms with Crippen molar-refractivity contribution in [2.45, 2.75) is 25.3 Å². The molecule has 3 rings (SSSR count). The van der Waals surface area contributed by atoms with Crippen molar-refractivity contribution in [2.24, 2.45) is 5.73 Å². The van der Waals surface area contributed by atoms with Gasteiger partial charge in [0.15, 0.2) is 0 Å². The van der Waals surface area contributed by atoms with E-state index in [4.69, 9.17) is 5.73 Å². The van der Waals surface area contributed by atoms with Crippen LogP contribution in [0.25, 0.3) is 11.4 Å². The lowest BCUT2D eigenvalue weighted by molar-refractivity contribution is 0.869. The van der Waals surface area contributed by atoms with Crippen LogP contribution in [-0.2, 0) is 6.54 Å². The van der Waals surface area contributed by atoms with E-state index in [0.29, 0.717) is 12.5 Å². The van der Waals surface area contributed by atoms with Gasteiger partial charge in [0.25, 0.3) is 0 Å². The molecular weight excluding hydrogens is 212 g/mol. The zero-order chi connectivity index (χ0) is 11.7. The van der Waals surface area contributed by atoms with Gasteiger partial charge in [-0.1, -0.05) is 6.07 Å². The molecule has 86 valence electrons. The molecule has 4 nitrogen and oxygen atoms in total. The molecule has 1 saturated carbocycles. The molecule has 17 heavy (non-hydrogen) atoms. The van der Waals surface area contributed by atoms with Gasteiger partial charge in [0.05, 0.1) is 17.1 Å². The Hall–Kier alpha value is -1.81. The summed E-state index contributed by atoms with van der Waals surface area (Å²) in [6, 6.07) is 7.74. The van der Waals surface area contributed by atoms with Gasteiger partial charge in [-0.3, -0.25) is 4.98 Å². The first-order valence-electron chi connectivity index (χ1n) is 5.86. The molecule has 0 aromatic carbocycles. The van der Waals surface area contributed by atoms with Gasteiger partial charge in [-0.25, -0.2) is 9.97 Å². The monoisotopic (exact) mass is 226 g/mol. The van der Waals surface area contributed by atoms with E-state index in [9.17, 15) is 0 Å². The molecule has 2 N–H and O–H groups in total. The Morgan fingerprint density at radius 1 is 1.18 bits per heavy atom. The predicted octanol–water partition coefficient (Wildman–Crippen LogP) is 1.87. The average Bonchev–Trinajstić information content (AvgIpc) is 3.23. The fourth-order valence-corrected chi connectivity index (χ4v) is 1.79. The van der Waals surface area contributed by atoms with Crippen LogP contribution in [-0.4, -0.2) is 15.0 Å². The molecule has 2 aromatic heterocycles. The fourth-order valence-electron chi connectivity index (χ4n) is 1.79. The Labute approximate surface area is 99.9 Å². The second kappa shape index (κ2) is 4.22. The lowest BCUT2D eigenvalue weighted by Gasteiger charge is -2.05. The maximum atomic E-state index is 5.68. The van der Waals surface area contributed by atoms with E-state index in [1.165, 1.54) is 12.8 Å². The molecule has 4 heteroatoms. The van der Waals surface area contributed by atoms with Crippen LogP contribution in [0.5, 0.6) is 0 Å². The summed E-state index contributed by atoms with van der Waals surface area (Å²) in [7, 11) is 0. The summed E-state index contributed by atoms with van der Waals surface area (Å²) >= 11 is 0. The van der Waals surface area contributed by atoms with Gasteiger partial charge in [0.2, 0.25) is 0 Å². The number of nitrogens with two attached hydrogens (primary N) is 1. The van der Waals surface area contributed by atoms with Crippen LogP contribution in [0.15, 0.2) is 30.5 Å². The Bertz CT molecular complexity index is 520. The Kier molecular flexibility index (Phi) is 2.57. The molecule has 1 aliphatic rings. The van der Waals surface area contributed by atoms with Crippen LogP contribution in [0.4, 0.5) is 0 Å². The first kappa shape index (κ1) is 10.4. The zero-order valence-corrected chi connectivity index (χ0v) is 9.50. The van der Waals surface area contributed by atoms with Crippen LogP contribution in [0.3, 0.4) is 0 Å². The van der Waals surface area contributed by atoms with Crippen molar-refractivity contribution in [1.82, 2.24) is 15.0 Å². The standard InChI is InChI=1S/C13H14N4/c14-8-10-7-12(11-3-1-2-6-15-11)17-13(16-10)9-4-5-9/h1-3,6-7,9H,4-5,8,14H2. The van der Waals surface area contributed by atoms with Crippen molar-refractivity contribution >= 4 is 0 Å². The van der Waals surface area contributed by atoms with Gasteiger partial charge in [0, 0.05) is 18.7 Å². The summed E-state index contributed by atoms with van der Waals surface area (Å²) in [6.45, 7) is 0.447. The number of hydrogen-bond acceptors (Lipinski definition) is 4. The minimum Gasteiger partial charge on any atom is -0.325 e. The molecule has 0 atom stereocenters. The third-order valence-corrected chi connectivity index (χ3v) is 2.88. The highest BCUT2D eigenvalue weighted by Gasteiger charge is 2.27. The number of nitrogens with zero attached hydrogens (tertiary/aromatic N) is 3. The molecule has 0 radical (unpaired) electrons. The lowest BCUT2D eigenvalue weighted by Crippen LogP contribution is -2.05. The smallest absolute Gasteiger partial charge is 0.132 e. The summed E-state index contributed by atoms with van der Waals surface area (Å²) in [5, 5.41) is 0. The molecule has 0 aliphatic heterocycles. The first-order valence-corrected chi connectivity index (χ1v) is 5.86. The van der Waals surface area contributed by atoms with Gasteiger partial charge in [0.1, 0.15) is 5.82 Å². The molecular formula is C13H14N4. The molecule has 1 aliphatic carbocycles. The molecule has 0 spiro atoms. The van der Waals surface area contributed by atoms with E-state index in [1.807, 2.05) is 24.3 Å². The maximum absolute atomic E-state index is 5.68. The minimum absolute atomic E-state index is 0.447. The lowest BCUT2D eigenvalue weighted by atomic mass is 10.2. The van der Waals surface area contributed by atoms with E-state index in [-0.39, 0.29) is 0 Å². The molecule has 0 saturated heterocycles. The molecule has 2 heterocycles. The van der Waals surface area contributed by atoms with E-state index < -0.39 is 0 Å². The second-order valence-corrected chi connectivity index (χ2v) is 4.30. The zero-order valence-electron chi connectivity index (χ0n) is 9.50. The van der Waals surface area contributed by atoms with Crippen molar-refractivity contribution in [2.75, 3.05) is 0 Å². The Balaban J connectivity index is 2.06. The van der Waals surface area contributed by atoms with Crippen molar-refractivity contribution in [1.29, 1.82) is 0 Å². The number of aromatic nitrogens is 3. The van der Waals surface area contributed by atoms with E-state index in [2.05, 4.69) is 15.0 Å². The molecule has 0 amide bonds. The molecule has 1 fully saturated rings. The Morgan fingerprint density at radius 3 is 2.71 bits per heavy atom. The van der Waals surface area contributed by atoms with Crippen LogP contribution >= 0.6 is 0 Å². The fraction of sp³-hybridized carbons (Fsp3) is 0.308. The highest BCUT2D eigenvalue weighted by atomic mass is 14.9. The summed E-state index contributed by atoms with van der Waals surface area (Å²) in [6.07, 6.45) is 4.15. The van der Waals surface area contributed by atoms with E-state index in [0.717, 1.165) is 22.9 Å². The van der Waals surface area contributed by atoms with Crippen LogP contribution < -0.4 is 5.73 Å². The van der Waals surface area contributed by atoms with Gasteiger partial charge in [-0.05, 0) is 31.0 Å². The van der Waals surface area contributed by atoms with Gasteiger partial charge in [-0.2, -0.15) is 0 Å². The molecule has 0 unspecified atom stereocenters. The molecule has 0 bridgehead atoms. The van der Waals surface area contributed by atoms with Crippen LogP contribution in [0.2, 0.25) is 0 Å². The minimum atomic E-state index is 0.447. The predicted molar refractivity (Wildman–Crippen MR) is 65.1 cm³/mol. The van der Waals surface area contributed by atoms with Crippen LogP contribution in [0, 0.1) is 0 Å². The topological polar surface area (TPSA) is 64.7 Å². The van der Waals surface area contributed by atoms with Crippen molar-refractivity contribution in [3.8, 4) is 11.4 Å². The van der Waals surface area contributed by atoms with Crippen LogP contribution in [0.1, 0.15) is 30.3 Å². The highest BCUT2D eigenvalue weighted by molar-refractivity contribution is 5.54. The SMILES string of the molecule is NCc1cc(-c2ccccn2)nc(C2CC2)n1. The number of hydrogen-bond donors (Lipinski definition) is 1. The first-order chi connectivity index (χ1) is 8.36. The largest absolute Gasteiger partial charge is 0.325 e. The second-order valence-electron chi connectivity index (χ2n) is 4.30. The van der Waals surface area contributed by atoms with E-state index in [1.54, 1.807) is 6.20 Å². The van der Waals surface area contributed by atoms with Crippen molar-refractivity contribution in [3.05, 3.63) is 42.0 Å². The maximum Gasteiger partial charge on any atom is 0.132 e. The van der Waals surface area contributed by atoms with Crippen molar-refractivity contribution < 1.29 is 0 Å². The van der Waals surface area contributed by atoms with Gasteiger partial charge < -0.3 is 5.73 Å². The number of rotatable bonds is 3. The summed E-state index contributed by atoms with van der Waals surface area (Å²) in [5.41, 5.74) is 8.33. The molecule has 2 aromatic rings. The average molecular weight is 226 g/mol. The summed E-state index contributed by atoms with van der Waals surface area (Å²) < 4.78 is 0. The van der Waals surface area contributed by atoms with Crippen molar-refractivity contribution in [3.63, 3.8) is 0 Å². The highest BCUT2D eigenvalue weighted by Crippen LogP contribution is 2.38. The number of pyridine rings is 1. The van der Waals surface area contributed by atoms with E-state index >= 15 is 0 Å². The van der Waals surface area contributed by atoms with Gasteiger partial charge >= 0.3 is 0 Å². The third-order valence-electron chi connectivity index (χ3n) is 2.88. The third kappa shape index (κ3) is 2.17. The summed E-state index contributed by atoms with van der Waals surface area (Å²) in [4.78, 5) is 13.4. The quantitative estimate of drug-likeness (QED) is 0.867.